The van der Waals surface area contributed by atoms with Crippen molar-refractivity contribution in [2.24, 2.45) is 5.73 Å². The fourth-order valence-corrected chi connectivity index (χ4v) is 0.659. The molecule has 0 saturated heterocycles. The summed E-state index contributed by atoms with van der Waals surface area (Å²) < 4.78 is 4.70. The minimum Gasteiger partial charge on any atom is -0.466 e. The number of rotatable bonds is 4. The van der Waals surface area contributed by atoms with Gasteiger partial charge in [-0.25, -0.2) is 0 Å². The molecule has 15 heavy (non-hydrogen) atoms. The number of hydrogen-bond donors (Lipinski definition) is 1. The van der Waals surface area contributed by atoms with Crippen LogP contribution in [0.5, 0.6) is 0 Å². The van der Waals surface area contributed by atoms with Crippen LogP contribution in [0.25, 0.3) is 0 Å². The number of amides is 1. The van der Waals surface area contributed by atoms with Crippen LogP contribution in [0.1, 0.15) is 26.2 Å². The van der Waals surface area contributed by atoms with Gasteiger partial charge in [-0.15, -0.1) is 0 Å². The Morgan fingerprint density at radius 3 is 2.53 bits per heavy atom. The summed E-state index contributed by atoms with van der Waals surface area (Å²) in [5, 5.41) is 0. The molecule has 2 N–H and O–H groups in total. The van der Waals surface area contributed by atoms with Gasteiger partial charge in [-0.3, -0.25) is 9.59 Å². The molecule has 0 radical (unpaired) electrons. The van der Waals surface area contributed by atoms with E-state index in [1.807, 2.05) is 0 Å². The second-order valence-corrected chi connectivity index (χ2v) is 2.69. The highest BCUT2D eigenvalue weighted by atomic mass is 16.5. The summed E-state index contributed by atoms with van der Waals surface area (Å²) in [4.78, 5) is 20.6. The smallest absolute Gasteiger partial charge is 0.302 e. The summed E-state index contributed by atoms with van der Waals surface area (Å²) in [7, 11) is 0. The molecule has 0 rings (SSSR count). The monoisotopic (exact) mass is 207 g/mol. The minimum absolute atomic E-state index is 0.0299. The Bertz CT molecular complexity index is 338. The van der Waals surface area contributed by atoms with Gasteiger partial charge in [0.25, 0.3) is 0 Å². The highest BCUT2D eigenvalue weighted by Gasteiger charge is 1.89. The van der Waals surface area contributed by atoms with Gasteiger partial charge >= 0.3 is 5.97 Å². The van der Waals surface area contributed by atoms with Crippen molar-refractivity contribution in [2.45, 2.75) is 26.2 Å². The SMILES string of the molecule is CC(=O)OCCCC#CC#CCC(N)=O. The van der Waals surface area contributed by atoms with Crippen molar-refractivity contribution in [3.63, 3.8) is 0 Å². The molecule has 0 fully saturated rings. The molecular weight excluding hydrogens is 194 g/mol. The molecule has 1 amide bonds. The van der Waals surface area contributed by atoms with Gasteiger partial charge in [-0.1, -0.05) is 11.8 Å². The van der Waals surface area contributed by atoms with Crippen molar-refractivity contribution in [1.82, 2.24) is 0 Å². The van der Waals surface area contributed by atoms with Crippen LogP contribution in [0.4, 0.5) is 0 Å². The van der Waals surface area contributed by atoms with Gasteiger partial charge in [-0.2, -0.15) is 0 Å². The fourth-order valence-electron chi connectivity index (χ4n) is 0.659. The van der Waals surface area contributed by atoms with E-state index in [9.17, 15) is 9.59 Å². The number of carbonyl (C=O) groups is 2. The van der Waals surface area contributed by atoms with E-state index in [1.165, 1.54) is 6.92 Å². The molecule has 0 aliphatic rings. The Labute approximate surface area is 89.2 Å². The van der Waals surface area contributed by atoms with Gasteiger partial charge in [-0.05, 0) is 18.3 Å². The first-order chi connectivity index (χ1) is 7.13. The highest BCUT2D eigenvalue weighted by Crippen LogP contribution is 1.88. The zero-order valence-corrected chi connectivity index (χ0v) is 8.63. The molecular formula is C11H13NO3. The van der Waals surface area contributed by atoms with E-state index in [4.69, 9.17) is 10.5 Å². The van der Waals surface area contributed by atoms with Crippen LogP contribution in [0.15, 0.2) is 0 Å². The molecule has 0 aromatic carbocycles. The number of carbonyl (C=O) groups excluding carboxylic acids is 2. The standard InChI is InChI=1S/C11H13NO3/c1-10(13)15-9-7-5-3-2-4-6-8-11(12)14/h5,7-9H2,1H3,(H2,12,14). The van der Waals surface area contributed by atoms with Crippen molar-refractivity contribution in [2.75, 3.05) is 6.61 Å². The summed E-state index contributed by atoms with van der Waals surface area (Å²) in [6.45, 7) is 1.74. The van der Waals surface area contributed by atoms with E-state index in [1.54, 1.807) is 0 Å². The number of esters is 1. The number of nitrogens with two attached hydrogens (primary N) is 1. The lowest BCUT2D eigenvalue weighted by Gasteiger charge is -1.96. The fraction of sp³-hybridized carbons (Fsp3) is 0.455. The largest absolute Gasteiger partial charge is 0.466 e. The lowest BCUT2D eigenvalue weighted by atomic mass is 10.3. The first-order valence-corrected chi connectivity index (χ1v) is 4.50. The lowest BCUT2D eigenvalue weighted by Crippen LogP contribution is -2.08. The van der Waals surface area contributed by atoms with Gasteiger partial charge in [0, 0.05) is 13.3 Å². The Morgan fingerprint density at radius 2 is 1.93 bits per heavy atom. The maximum Gasteiger partial charge on any atom is 0.302 e. The minimum atomic E-state index is -0.459. The molecule has 0 heterocycles. The first-order valence-electron chi connectivity index (χ1n) is 4.50. The molecule has 0 unspecified atom stereocenters. The predicted octanol–water partition coefficient (Wildman–Crippen LogP) is 0.212. The molecule has 0 aromatic rings. The zero-order valence-electron chi connectivity index (χ0n) is 8.63. The van der Waals surface area contributed by atoms with Crippen molar-refractivity contribution in [3.05, 3.63) is 0 Å². The van der Waals surface area contributed by atoms with Crippen molar-refractivity contribution >= 4 is 11.9 Å². The first kappa shape index (κ1) is 13.1. The Hall–Kier alpha value is -1.94. The number of hydrogen-bond acceptors (Lipinski definition) is 3. The summed E-state index contributed by atoms with van der Waals surface area (Å²) in [5.74, 6) is 9.60. The quantitative estimate of drug-likeness (QED) is 0.407. The Balaban J connectivity index is 3.49. The van der Waals surface area contributed by atoms with Crippen molar-refractivity contribution in [1.29, 1.82) is 0 Å². The second kappa shape index (κ2) is 8.65. The molecule has 0 aliphatic carbocycles. The topological polar surface area (TPSA) is 69.4 Å². The van der Waals surface area contributed by atoms with Gasteiger partial charge < -0.3 is 10.5 Å². The highest BCUT2D eigenvalue weighted by molar-refractivity contribution is 5.76. The average Bonchev–Trinajstić information content (AvgIpc) is 2.14. The molecule has 0 aliphatic heterocycles. The van der Waals surface area contributed by atoms with Crippen LogP contribution in [-0.2, 0) is 14.3 Å². The molecule has 0 spiro atoms. The number of ether oxygens (including phenoxy) is 1. The summed E-state index contributed by atoms with van der Waals surface area (Å²) in [5.41, 5.74) is 4.86. The maximum atomic E-state index is 10.4. The number of unbranched alkanes of at least 4 members (excludes halogenated alkanes) is 1. The molecule has 0 aromatic heterocycles. The van der Waals surface area contributed by atoms with E-state index in [0.717, 1.165) is 0 Å². The molecule has 4 heteroatoms. The van der Waals surface area contributed by atoms with Gasteiger partial charge in [0.05, 0.1) is 13.0 Å². The number of primary amides is 1. The maximum absolute atomic E-state index is 10.4. The lowest BCUT2D eigenvalue weighted by molar-refractivity contribution is -0.141. The summed E-state index contributed by atoms with van der Waals surface area (Å²) in [6, 6.07) is 0. The predicted molar refractivity (Wildman–Crippen MR) is 55.2 cm³/mol. The third-order valence-corrected chi connectivity index (χ3v) is 1.25. The molecule has 0 atom stereocenters. The van der Waals surface area contributed by atoms with Crippen LogP contribution in [-0.4, -0.2) is 18.5 Å². The van der Waals surface area contributed by atoms with E-state index in [-0.39, 0.29) is 12.4 Å². The van der Waals surface area contributed by atoms with Gasteiger partial charge in [0.1, 0.15) is 0 Å². The third kappa shape index (κ3) is 12.1. The van der Waals surface area contributed by atoms with E-state index >= 15 is 0 Å². The van der Waals surface area contributed by atoms with Gasteiger partial charge in [0.15, 0.2) is 0 Å². The summed E-state index contributed by atoms with van der Waals surface area (Å²) in [6.07, 6.45) is 1.32. The van der Waals surface area contributed by atoms with Crippen LogP contribution in [0.3, 0.4) is 0 Å². The molecule has 0 bridgehead atoms. The van der Waals surface area contributed by atoms with Crippen LogP contribution < -0.4 is 5.73 Å². The average molecular weight is 207 g/mol. The zero-order chi connectivity index (χ0) is 11.5. The molecule has 0 saturated carbocycles. The van der Waals surface area contributed by atoms with E-state index in [0.29, 0.717) is 19.4 Å². The third-order valence-electron chi connectivity index (χ3n) is 1.25. The van der Waals surface area contributed by atoms with Crippen LogP contribution in [0.2, 0.25) is 0 Å². The van der Waals surface area contributed by atoms with Crippen LogP contribution >= 0.6 is 0 Å². The van der Waals surface area contributed by atoms with Crippen LogP contribution in [0, 0.1) is 23.7 Å². The molecule has 80 valence electrons. The second-order valence-electron chi connectivity index (χ2n) is 2.69. The van der Waals surface area contributed by atoms with Gasteiger partial charge in [0.2, 0.25) is 5.91 Å². The summed E-state index contributed by atoms with van der Waals surface area (Å²) >= 11 is 0. The van der Waals surface area contributed by atoms with Crippen molar-refractivity contribution in [3.8, 4) is 23.7 Å². The van der Waals surface area contributed by atoms with E-state index in [2.05, 4.69) is 23.7 Å². The van der Waals surface area contributed by atoms with Crippen molar-refractivity contribution < 1.29 is 14.3 Å². The Kier molecular flexibility index (Phi) is 7.53. The normalized spacial score (nSPS) is 7.80. The molecule has 4 nitrogen and oxygen atoms in total. The van der Waals surface area contributed by atoms with E-state index < -0.39 is 5.91 Å². The Morgan fingerprint density at radius 1 is 1.27 bits per heavy atom.